The zero-order valence-electron chi connectivity index (χ0n) is 15.9. The van der Waals surface area contributed by atoms with Gasteiger partial charge < -0.3 is 14.4 Å². The summed E-state index contributed by atoms with van der Waals surface area (Å²) in [6, 6.07) is 1.65. The van der Waals surface area contributed by atoms with E-state index in [0.717, 1.165) is 24.5 Å². The SMILES string of the molecule is CC(C)(C)OC(=O)N1CCc2c(nc(Cl)nc2N2CCOCC2)C1CC#N. The van der Waals surface area contributed by atoms with E-state index in [1.807, 2.05) is 20.8 Å². The Hall–Kier alpha value is -2.11. The normalized spacial score (nSPS) is 20.0. The van der Waals surface area contributed by atoms with Crippen LogP contribution in [0, 0.1) is 11.3 Å². The predicted octanol–water partition coefficient (Wildman–Crippen LogP) is 2.71. The summed E-state index contributed by atoms with van der Waals surface area (Å²) in [5, 5.41) is 9.45. The van der Waals surface area contributed by atoms with Crippen LogP contribution in [0.5, 0.6) is 0 Å². The number of nitrogens with zero attached hydrogens (tertiary/aromatic N) is 5. The van der Waals surface area contributed by atoms with Gasteiger partial charge in [0.2, 0.25) is 5.28 Å². The lowest BCUT2D eigenvalue weighted by molar-refractivity contribution is 0.0140. The molecule has 2 aliphatic heterocycles. The zero-order chi connectivity index (χ0) is 19.6. The monoisotopic (exact) mass is 393 g/mol. The molecule has 27 heavy (non-hydrogen) atoms. The van der Waals surface area contributed by atoms with Gasteiger partial charge in [0.15, 0.2) is 0 Å². The molecule has 0 saturated carbocycles. The van der Waals surface area contributed by atoms with Gasteiger partial charge in [0.05, 0.1) is 37.4 Å². The van der Waals surface area contributed by atoms with E-state index >= 15 is 0 Å². The van der Waals surface area contributed by atoms with E-state index in [4.69, 9.17) is 21.1 Å². The number of morpholine rings is 1. The summed E-state index contributed by atoms with van der Waals surface area (Å²) < 4.78 is 10.9. The number of hydrogen-bond donors (Lipinski definition) is 0. The molecule has 0 aromatic carbocycles. The van der Waals surface area contributed by atoms with Crippen LogP contribution in [0.4, 0.5) is 10.6 Å². The van der Waals surface area contributed by atoms with Gasteiger partial charge in [0, 0.05) is 25.2 Å². The molecule has 9 heteroatoms. The molecule has 0 N–H and O–H groups in total. The van der Waals surface area contributed by atoms with Crippen molar-refractivity contribution in [1.82, 2.24) is 14.9 Å². The lowest BCUT2D eigenvalue weighted by Crippen LogP contribution is -2.44. The second-order valence-corrected chi connectivity index (χ2v) is 7.92. The highest BCUT2D eigenvalue weighted by molar-refractivity contribution is 6.28. The number of ether oxygens (including phenoxy) is 2. The summed E-state index contributed by atoms with van der Waals surface area (Å²) in [5.41, 5.74) is 0.966. The maximum atomic E-state index is 12.7. The number of fused-ring (bicyclic) bond motifs is 1. The molecule has 8 nitrogen and oxygen atoms in total. The molecule has 0 radical (unpaired) electrons. The van der Waals surface area contributed by atoms with Gasteiger partial charge in [-0.1, -0.05) is 0 Å². The van der Waals surface area contributed by atoms with Crippen molar-refractivity contribution in [3.8, 4) is 6.07 Å². The Kier molecular flexibility index (Phi) is 5.72. The molecule has 1 aromatic rings. The highest BCUT2D eigenvalue weighted by atomic mass is 35.5. The highest BCUT2D eigenvalue weighted by Gasteiger charge is 2.37. The first kappa shape index (κ1) is 19.6. The molecule has 3 rings (SSSR count). The summed E-state index contributed by atoms with van der Waals surface area (Å²) >= 11 is 6.20. The van der Waals surface area contributed by atoms with E-state index in [-0.39, 0.29) is 11.7 Å². The van der Waals surface area contributed by atoms with Crippen LogP contribution in [0.1, 0.15) is 44.5 Å². The third-order valence-corrected chi connectivity index (χ3v) is 4.68. The fourth-order valence-corrected chi connectivity index (χ4v) is 3.55. The van der Waals surface area contributed by atoms with Crippen LogP contribution in [0.25, 0.3) is 0 Å². The molecular formula is C18H24ClN5O3. The van der Waals surface area contributed by atoms with Gasteiger partial charge in [0.25, 0.3) is 0 Å². The summed E-state index contributed by atoms with van der Waals surface area (Å²) in [5.74, 6) is 0.778. The van der Waals surface area contributed by atoms with Crippen LogP contribution < -0.4 is 4.90 Å². The van der Waals surface area contributed by atoms with Crippen molar-refractivity contribution in [2.45, 2.75) is 45.3 Å². The molecule has 1 fully saturated rings. The summed E-state index contributed by atoms with van der Waals surface area (Å²) in [4.78, 5) is 25.2. The average molecular weight is 394 g/mol. The van der Waals surface area contributed by atoms with E-state index < -0.39 is 17.7 Å². The minimum Gasteiger partial charge on any atom is -0.444 e. The molecule has 1 atom stereocenters. The molecule has 146 valence electrons. The number of carbonyl (C=O) groups excluding carboxylic acids is 1. The van der Waals surface area contributed by atoms with Gasteiger partial charge in [-0.3, -0.25) is 4.90 Å². The standard InChI is InChI=1S/C18H24ClN5O3/c1-18(2,3)27-17(25)24-7-5-12-14(13(24)4-6-20)21-16(19)22-15(12)23-8-10-26-11-9-23/h13H,4-5,7-11H2,1-3H3. The zero-order valence-corrected chi connectivity index (χ0v) is 16.6. The lowest BCUT2D eigenvalue weighted by Gasteiger charge is -2.38. The third kappa shape index (κ3) is 4.42. The minimum atomic E-state index is -0.614. The third-order valence-electron chi connectivity index (χ3n) is 4.51. The molecule has 2 aliphatic rings. The van der Waals surface area contributed by atoms with Gasteiger partial charge in [-0.2, -0.15) is 5.26 Å². The van der Waals surface area contributed by atoms with Gasteiger partial charge in [-0.05, 0) is 38.8 Å². The molecule has 0 bridgehead atoms. The van der Waals surface area contributed by atoms with E-state index in [1.54, 1.807) is 4.90 Å². The Balaban J connectivity index is 1.97. The van der Waals surface area contributed by atoms with Crippen LogP contribution in [0.3, 0.4) is 0 Å². The van der Waals surface area contributed by atoms with E-state index in [2.05, 4.69) is 20.9 Å². The number of rotatable bonds is 2. The van der Waals surface area contributed by atoms with Gasteiger partial charge >= 0.3 is 6.09 Å². The molecule has 1 unspecified atom stereocenters. The van der Waals surface area contributed by atoms with Gasteiger partial charge in [-0.15, -0.1) is 0 Å². The van der Waals surface area contributed by atoms with Crippen LogP contribution in [0.15, 0.2) is 0 Å². The Morgan fingerprint density at radius 1 is 1.33 bits per heavy atom. The summed E-state index contributed by atoms with van der Waals surface area (Å²) in [6.07, 6.45) is 0.249. The first-order valence-corrected chi connectivity index (χ1v) is 9.43. The smallest absolute Gasteiger partial charge is 0.410 e. The number of halogens is 1. The van der Waals surface area contributed by atoms with E-state index in [9.17, 15) is 10.1 Å². The number of nitriles is 1. The fraction of sp³-hybridized carbons (Fsp3) is 0.667. The number of anilines is 1. The van der Waals surface area contributed by atoms with Crippen molar-refractivity contribution in [1.29, 1.82) is 5.26 Å². The quantitative estimate of drug-likeness (QED) is 0.713. The van der Waals surface area contributed by atoms with Gasteiger partial charge in [-0.25, -0.2) is 14.8 Å². The van der Waals surface area contributed by atoms with Crippen molar-refractivity contribution in [3.05, 3.63) is 16.5 Å². The molecule has 1 saturated heterocycles. The van der Waals surface area contributed by atoms with Crippen molar-refractivity contribution in [3.63, 3.8) is 0 Å². The van der Waals surface area contributed by atoms with Crippen molar-refractivity contribution >= 4 is 23.5 Å². The van der Waals surface area contributed by atoms with Crippen LogP contribution >= 0.6 is 11.6 Å². The maximum Gasteiger partial charge on any atom is 0.410 e. The minimum absolute atomic E-state index is 0.113. The van der Waals surface area contributed by atoms with E-state index in [1.165, 1.54) is 0 Å². The molecule has 3 heterocycles. The van der Waals surface area contributed by atoms with Gasteiger partial charge in [0.1, 0.15) is 11.4 Å². The van der Waals surface area contributed by atoms with Crippen LogP contribution in [-0.4, -0.2) is 59.4 Å². The Morgan fingerprint density at radius 3 is 2.67 bits per heavy atom. The maximum absolute atomic E-state index is 12.7. The Labute approximate surface area is 164 Å². The average Bonchev–Trinajstić information content (AvgIpc) is 2.61. The second-order valence-electron chi connectivity index (χ2n) is 7.58. The number of amides is 1. The van der Waals surface area contributed by atoms with Crippen molar-refractivity contribution in [2.75, 3.05) is 37.7 Å². The van der Waals surface area contributed by atoms with Crippen LogP contribution in [-0.2, 0) is 15.9 Å². The largest absolute Gasteiger partial charge is 0.444 e. The first-order valence-electron chi connectivity index (χ1n) is 9.05. The predicted molar refractivity (Wildman–Crippen MR) is 99.7 cm³/mol. The van der Waals surface area contributed by atoms with Crippen molar-refractivity contribution < 1.29 is 14.3 Å². The fourth-order valence-electron chi connectivity index (χ4n) is 3.38. The Morgan fingerprint density at radius 2 is 2.04 bits per heavy atom. The van der Waals surface area contributed by atoms with E-state index in [0.29, 0.717) is 31.9 Å². The first-order chi connectivity index (χ1) is 12.8. The second kappa shape index (κ2) is 7.87. The number of aromatic nitrogens is 2. The molecule has 1 aromatic heterocycles. The summed E-state index contributed by atoms with van der Waals surface area (Å²) in [6.45, 7) is 8.59. The lowest BCUT2D eigenvalue weighted by atomic mass is 9.96. The topological polar surface area (TPSA) is 91.6 Å². The summed E-state index contributed by atoms with van der Waals surface area (Å²) in [7, 11) is 0. The van der Waals surface area contributed by atoms with Crippen molar-refractivity contribution in [2.24, 2.45) is 0 Å². The molecule has 1 amide bonds. The number of carbonyl (C=O) groups is 1. The molecular weight excluding hydrogens is 370 g/mol. The highest BCUT2D eigenvalue weighted by Crippen LogP contribution is 2.36. The Bertz CT molecular complexity index is 753. The molecule has 0 spiro atoms. The molecule has 0 aliphatic carbocycles. The number of hydrogen-bond acceptors (Lipinski definition) is 7. The van der Waals surface area contributed by atoms with Crippen LogP contribution in [0.2, 0.25) is 5.28 Å².